The Morgan fingerprint density at radius 2 is 1.33 bits per heavy atom. The Balaban J connectivity index is 3.86. The van der Waals surface area contributed by atoms with Crippen LogP contribution in [0, 0.1) is 0 Å². The largest absolute Gasteiger partial charge is 0.382 e. The van der Waals surface area contributed by atoms with Gasteiger partial charge in [0, 0.05) is 0 Å². The van der Waals surface area contributed by atoms with Crippen molar-refractivity contribution in [1.82, 2.24) is 0 Å². The molecule has 1 aliphatic heterocycles. The van der Waals surface area contributed by atoms with Crippen molar-refractivity contribution in [3.8, 4) is 0 Å². The highest BCUT2D eigenvalue weighted by Gasteiger charge is 2.79. The summed E-state index contributed by atoms with van der Waals surface area (Å²) < 4.78 is 18.9. The Morgan fingerprint density at radius 1 is 0.917 bits per heavy atom. The van der Waals surface area contributed by atoms with Crippen LogP contribution in [0.2, 0.25) is 0 Å². The molecule has 1 aliphatic rings. The van der Waals surface area contributed by atoms with Gasteiger partial charge in [-0.1, -0.05) is 0 Å². The van der Waals surface area contributed by atoms with Gasteiger partial charge in [-0.15, -0.1) is 0 Å². The third kappa shape index (κ3) is 2.25. The molecule has 9 nitrogen and oxygen atoms in total. The van der Waals surface area contributed by atoms with E-state index >= 15 is 0 Å². The van der Waals surface area contributed by atoms with E-state index in [4.69, 9.17) is 0 Å². The van der Waals surface area contributed by atoms with E-state index in [1.165, 1.54) is 0 Å². The van der Waals surface area contributed by atoms with Gasteiger partial charge < -0.3 is 25.2 Å². The fraction of sp³-hybridized carbons (Fsp3) is 0.714. The average molecular weight is 350 g/mol. The van der Waals surface area contributed by atoms with Gasteiger partial charge in [-0.2, -0.15) is 0 Å². The molecule has 0 aromatic rings. The van der Waals surface area contributed by atoms with Crippen molar-refractivity contribution in [2.24, 2.45) is 0 Å². The van der Waals surface area contributed by atoms with Gasteiger partial charge in [0.15, 0.2) is 28.7 Å². The van der Waals surface area contributed by atoms with Crippen LogP contribution in [0.1, 0.15) is 27.7 Å². The fourth-order valence-corrected chi connectivity index (χ4v) is 2.91. The minimum atomic E-state index is -3.70. The topological polar surface area (TPSA) is 158 Å². The third-order valence-electron chi connectivity index (χ3n) is 4.40. The molecule has 0 aromatic heterocycles. The Morgan fingerprint density at radius 3 is 1.62 bits per heavy atom. The SMILES string of the molecule is CC(=O)C(O)[C@H]1O[C@H](F)[C@@](O)(C(C)=O)[C@](O)(C(C)=O)[C@@]1(O)C(C)=O. The predicted octanol–water partition coefficient (Wildman–Crippen LogP) is -2.41. The summed E-state index contributed by atoms with van der Waals surface area (Å²) in [6, 6.07) is 0. The number of ketones is 4. The smallest absolute Gasteiger partial charge is 0.239 e. The standard InChI is InChI=1S/C14H19FO9/c1-5(16)9(20)10-12(21,6(2)17)14(23,8(4)19)13(22,7(3)18)11(15)24-10/h9-11,20-23H,1-4H3/t9?,10-,11+,12-,13+,14+/m1/s1. The molecule has 0 aliphatic carbocycles. The second-order valence-corrected chi connectivity index (χ2v) is 5.84. The lowest BCUT2D eigenvalue weighted by Gasteiger charge is -2.56. The molecule has 0 spiro atoms. The first kappa shape index (κ1) is 20.5. The van der Waals surface area contributed by atoms with Gasteiger partial charge in [0.25, 0.3) is 0 Å². The van der Waals surface area contributed by atoms with E-state index in [-0.39, 0.29) is 0 Å². The number of Topliss-reactive ketones (excluding diaryl/α,β-unsaturated/α-hetero) is 4. The first-order valence-corrected chi connectivity index (χ1v) is 6.88. The number of hydrogen-bond donors (Lipinski definition) is 4. The first-order valence-electron chi connectivity index (χ1n) is 6.88. The van der Waals surface area contributed by atoms with Gasteiger partial charge in [0.2, 0.25) is 17.6 Å². The molecule has 24 heavy (non-hydrogen) atoms. The number of ether oxygens (including phenoxy) is 1. The summed E-state index contributed by atoms with van der Waals surface area (Å²) in [5.74, 6) is -5.56. The van der Waals surface area contributed by atoms with Gasteiger partial charge in [0.05, 0.1) is 0 Å². The van der Waals surface area contributed by atoms with Crippen LogP contribution in [0.4, 0.5) is 4.39 Å². The van der Waals surface area contributed by atoms with Gasteiger partial charge in [-0.3, -0.25) is 19.2 Å². The number of carbonyl (C=O) groups is 4. The average Bonchev–Trinajstić information content (AvgIpc) is 2.46. The summed E-state index contributed by atoms with van der Waals surface area (Å²) >= 11 is 0. The highest BCUT2D eigenvalue weighted by molar-refractivity contribution is 6.05. The second kappa shape index (κ2) is 6.05. The van der Waals surface area contributed by atoms with Crippen molar-refractivity contribution in [3.05, 3.63) is 0 Å². The highest BCUT2D eigenvalue weighted by atomic mass is 19.1. The first-order chi connectivity index (χ1) is 10.7. The van der Waals surface area contributed by atoms with Crippen molar-refractivity contribution in [1.29, 1.82) is 0 Å². The van der Waals surface area contributed by atoms with E-state index in [9.17, 15) is 44.0 Å². The molecule has 6 atom stereocenters. The number of alkyl halides is 1. The Bertz CT molecular complexity index is 605. The molecule has 0 aromatic carbocycles. The van der Waals surface area contributed by atoms with E-state index in [0.29, 0.717) is 20.8 Å². The van der Waals surface area contributed by atoms with Gasteiger partial charge >= 0.3 is 0 Å². The van der Waals surface area contributed by atoms with E-state index < -0.39 is 58.5 Å². The molecule has 0 saturated carbocycles. The molecule has 1 fully saturated rings. The van der Waals surface area contributed by atoms with Crippen LogP contribution in [-0.2, 0) is 23.9 Å². The molecule has 0 bridgehead atoms. The highest BCUT2D eigenvalue weighted by Crippen LogP contribution is 2.47. The van der Waals surface area contributed by atoms with Gasteiger partial charge in [0.1, 0.15) is 12.2 Å². The van der Waals surface area contributed by atoms with E-state index in [2.05, 4.69) is 4.74 Å². The van der Waals surface area contributed by atoms with E-state index in [1.54, 1.807) is 0 Å². The number of aliphatic hydroxyl groups excluding tert-OH is 1. The van der Waals surface area contributed by atoms with Crippen LogP contribution in [-0.4, -0.2) is 78.9 Å². The normalized spacial score (nSPS) is 40.7. The second-order valence-electron chi connectivity index (χ2n) is 5.84. The van der Waals surface area contributed by atoms with Gasteiger partial charge in [-0.25, -0.2) is 4.39 Å². The van der Waals surface area contributed by atoms with Gasteiger partial charge in [-0.05, 0) is 27.7 Å². The number of aliphatic hydroxyl groups is 4. The van der Waals surface area contributed by atoms with Crippen molar-refractivity contribution in [2.75, 3.05) is 0 Å². The zero-order valence-corrected chi connectivity index (χ0v) is 13.4. The van der Waals surface area contributed by atoms with Crippen LogP contribution in [0.25, 0.3) is 0 Å². The molecule has 0 amide bonds. The van der Waals surface area contributed by atoms with Crippen LogP contribution in [0.3, 0.4) is 0 Å². The summed E-state index contributed by atoms with van der Waals surface area (Å²) in [4.78, 5) is 47.1. The number of hydrogen-bond acceptors (Lipinski definition) is 9. The maximum atomic E-state index is 14.4. The molecular weight excluding hydrogens is 331 g/mol. The number of halogens is 1. The number of carbonyl (C=O) groups excluding carboxylic acids is 4. The van der Waals surface area contributed by atoms with Crippen LogP contribution in [0.5, 0.6) is 0 Å². The summed E-state index contributed by atoms with van der Waals surface area (Å²) in [5, 5.41) is 41.5. The molecule has 1 rings (SSSR count). The molecule has 1 heterocycles. The summed E-state index contributed by atoms with van der Waals surface area (Å²) in [5.41, 5.74) is -10.8. The molecule has 0 radical (unpaired) electrons. The Kier molecular flexibility index (Phi) is 5.15. The summed E-state index contributed by atoms with van der Waals surface area (Å²) in [7, 11) is 0. The summed E-state index contributed by atoms with van der Waals surface area (Å²) in [6.45, 7) is 2.67. The molecule has 10 heteroatoms. The predicted molar refractivity (Wildman–Crippen MR) is 73.3 cm³/mol. The molecule has 4 N–H and O–H groups in total. The van der Waals surface area contributed by atoms with Crippen molar-refractivity contribution in [3.63, 3.8) is 0 Å². The monoisotopic (exact) mass is 350 g/mol. The number of rotatable bonds is 5. The molecule has 136 valence electrons. The quantitative estimate of drug-likeness (QED) is 0.424. The zero-order chi connectivity index (χ0) is 19.2. The minimum absolute atomic E-state index is 0.594. The van der Waals surface area contributed by atoms with E-state index in [1.807, 2.05) is 0 Å². The van der Waals surface area contributed by atoms with Crippen molar-refractivity contribution < 1.29 is 48.7 Å². The Labute approximate surface area is 136 Å². The maximum absolute atomic E-state index is 14.4. The van der Waals surface area contributed by atoms with E-state index in [0.717, 1.165) is 6.92 Å². The van der Waals surface area contributed by atoms with Crippen molar-refractivity contribution >= 4 is 23.1 Å². The lowest BCUT2D eigenvalue weighted by Crippen LogP contribution is -2.86. The van der Waals surface area contributed by atoms with Crippen LogP contribution < -0.4 is 0 Å². The van der Waals surface area contributed by atoms with Crippen LogP contribution in [0.15, 0.2) is 0 Å². The maximum Gasteiger partial charge on any atom is 0.239 e. The third-order valence-corrected chi connectivity index (χ3v) is 4.40. The van der Waals surface area contributed by atoms with Crippen LogP contribution >= 0.6 is 0 Å². The molecular formula is C14H19FO9. The molecule has 1 saturated heterocycles. The Hall–Kier alpha value is -1.59. The lowest BCUT2D eigenvalue weighted by atomic mass is 9.60. The summed E-state index contributed by atoms with van der Waals surface area (Å²) in [6.07, 6.45) is -7.86. The lowest BCUT2D eigenvalue weighted by molar-refractivity contribution is -0.349. The molecule has 1 unspecified atom stereocenters. The zero-order valence-electron chi connectivity index (χ0n) is 13.4. The van der Waals surface area contributed by atoms with Crippen molar-refractivity contribution in [2.45, 2.75) is 63.1 Å². The fourth-order valence-electron chi connectivity index (χ4n) is 2.91. The minimum Gasteiger partial charge on any atom is -0.382 e.